The molecule has 0 saturated carbocycles. The lowest BCUT2D eigenvalue weighted by Gasteiger charge is -2.23. The van der Waals surface area contributed by atoms with Crippen molar-refractivity contribution in [3.63, 3.8) is 0 Å². The number of carbonyl (C=O) groups is 1. The molecule has 0 saturated heterocycles. The molecule has 1 rings (SSSR count). The summed E-state index contributed by atoms with van der Waals surface area (Å²) in [7, 11) is -3.90. The number of rotatable bonds is 9. The maximum Gasteiger partial charge on any atom is 0.326 e. The number of nitrogens with one attached hydrogen (secondary N) is 2. The number of non-ortho nitro benzene ring substituents is 1. The highest BCUT2D eigenvalue weighted by atomic mass is 32.2. The zero-order chi connectivity index (χ0) is 18.4. The van der Waals surface area contributed by atoms with Gasteiger partial charge in [0.1, 0.15) is 5.54 Å². The largest absolute Gasteiger partial charge is 0.465 e. The monoisotopic (exact) mass is 359 g/mol. The van der Waals surface area contributed by atoms with Crippen molar-refractivity contribution in [2.75, 3.05) is 13.2 Å². The Morgan fingerprint density at radius 2 is 1.88 bits per heavy atom. The minimum Gasteiger partial charge on any atom is -0.465 e. The van der Waals surface area contributed by atoms with E-state index in [-0.39, 0.29) is 18.8 Å². The summed E-state index contributed by atoms with van der Waals surface area (Å²) < 4.78 is 33.3. The lowest BCUT2D eigenvalue weighted by atomic mass is 10.1. The molecule has 0 amide bonds. The first-order valence-corrected chi connectivity index (χ1v) is 8.75. The number of hydrogen-bond donors (Lipinski definition) is 2. The molecule has 0 bridgehead atoms. The van der Waals surface area contributed by atoms with Gasteiger partial charge in [0.25, 0.3) is 15.9 Å². The van der Waals surface area contributed by atoms with Gasteiger partial charge in [-0.15, -0.1) is 0 Å². The summed E-state index contributed by atoms with van der Waals surface area (Å²) in [5, 5.41) is 10.6. The van der Waals surface area contributed by atoms with E-state index in [0.29, 0.717) is 6.42 Å². The van der Waals surface area contributed by atoms with Crippen LogP contribution in [-0.4, -0.2) is 38.0 Å². The van der Waals surface area contributed by atoms with Crippen LogP contribution < -0.4 is 9.44 Å². The van der Waals surface area contributed by atoms with E-state index in [9.17, 15) is 23.3 Å². The van der Waals surface area contributed by atoms with Crippen molar-refractivity contribution >= 4 is 21.9 Å². The van der Waals surface area contributed by atoms with E-state index in [1.165, 1.54) is 26.0 Å². The summed E-state index contributed by atoms with van der Waals surface area (Å²) in [6.07, 6.45) is 0.346. The van der Waals surface area contributed by atoms with Crippen LogP contribution in [0.15, 0.2) is 24.3 Å². The van der Waals surface area contributed by atoms with E-state index in [4.69, 9.17) is 4.74 Å². The van der Waals surface area contributed by atoms with Gasteiger partial charge in [-0.1, -0.05) is 12.1 Å². The fourth-order valence-corrected chi connectivity index (χ4v) is 3.04. The second-order valence-corrected chi connectivity index (χ2v) is 7.02. The van der Waals surface area contributed by atoms with Crippen LogP contribution >= 0.6 is 0 Å². The zero-order valence-electron chi connectivity index (χ0n) is 13.7. The molecule has 24 heavy (non-hydrogen) atoms. The molecule has 0 heterocycles. The number of carbonyl (C=O) groups excluding carboxylic acids is 1. The number of benzene rings is 1. The van der Waals surface area contributed by atoms with Crippen LogP contribution in [0.3, 0.4) is 0 Å². The molecule has 0 atom stereocenters. The van der Waals surface area contributed by atoms with E-state index < -0.39 is 26.6 Å². The van der Waals surface area contributed by atoms with Crippen molar-refractivity contribution in [1.29, 1.82) is 0 Å². The van der Waals surface area contributed by atoms with Gasteiger partial charge in [-0.05, 0) is 32.8 Å². The van der Waals surface area contributed by atoms with Crippen molar-refractivity contribution in [2.24, 2.45) is 0 Å². The van der Waals surface area contributed by atoms with Gasteiger partial charge in [-0.25, -0.2) is 4.72 Å². The van der Waals surface area contributed by atoms with Gasteiger partial charge in [0.2, 0.25) is 0 Å². The maximum absolute atomic E-state index is 12.0. The first-order chi connectivity index (χ1) is 11.1. The van der Waals surface area contributed by atoms with Crippen LogP contribution in [0.2, 0.25) is 0 Å². The lowest BCUT2D eigenvalue weighted by molar-refractivity contribution is -0.384. The van der Waals surface area contributed by atoms with E-state index in [0.717, 1.165) is 5.56 Å². The third-order valence-electron chi connectivity index (χ3n) is 3.03. The molecule has 0 spiro atoms. The van der Waals surface area contributed by atoms with Crippen LogP contribution in [0.5, 0.6) is 0 Å². The van der Waals surface area contributed by atoms with Crippen molar-refractivity contribution in [3.05, 3.63) is 39.9 Å². The third-order valence-corrected chi connectivity index (χ3v) is 4.39. The van der Waals surface area contributed by atoms with Crippen LogP contribution in [0.25, 0.3) is 0 Å². The van der Waals surface area contributed by atoms with Crippen LogP contribution in [-0.2, 0) is 26.2 Å². The Balaban J connectivity index is 2.56. The smallest absolute Gasteiger partial charge is 0.326 e. The summed E-state index contributed by atoms with van der Waals surface area (Å²) in [5.74, 6) is -0.675. The summed E-state index contributed by atoms with van der Waals surface area (Å²) in [5.41, 5.74) is -0.681. The zero-order valence-corrected chi connectivity index (χ0v) is 14.6. The minimum atomic E-state index is -3.90. The average molecular weight is 359 g/mol. The van der Waals surface area contributed by atoms with Gasteiger partial charge in [-0.3, -0.25) is 14.9 Å². The molecule has 10 heteroatoms. The van der Waals surface area contributed by atoms with Crippen LogP contribution in [0, 0.1) is 10.1 Å². The van der Waals surface area contributed by atoms with Crippen LogP contribution in [0.1, 0.15) is 26.3 Å². The first-order valence-electron chi connectivity index (χ1n) is 7.26. The lowest BCUT2D eigenvalue weighted by Crippen LogP contribution is -2.54. The third kappa shape index (κ3) is 6.22. The van der Waals surface area contributed by atoms with E-state index in [1.807, 2.05) is 0 Å². The molecule has 0 unspecified atom stereocenters. The predicted molar refractivity (Wildman–Crippen MR) is 87.6 cm³/mol. The minimum absolute atomic E-state index is 0.0304. The number of hydrogen-bond acceptors (Lipinski definition) is 6. The summed E-state index contributed by atoms with van der Waals surface area (Å²) in [6.45, 7) is 4.66. The highest BCUT2D eigenvalue weighted by molar-refractivity contribution is 7.87. The molecular weight excluding hydrogens is 338 g/mol. The number of nitrogens with zero attached hydrogens (tertiary/aromatic N) is 1. The maximum atomic E-state index is 12.0. The molecule has 0 aliphatic heterocycles. The van der Waals surface area contributed by atoms with Crippen molar-refractivity contribution < 1.29 is 22.9 Å². The molecule has 1 aromatic carbocycles. The molecule has 9 nitrogen and oxygen atoms in total. The Kier molecular flexibility index (Phi) is 6.81. The molecule has 0 aliphatic rings. The topological polar surface area (TPSA) is 128 Å². The van der Waals surface area contributed by atoms with Gasteiger partial charge in [0.05, 0.1) is 11.5 Å². The fourth-order valence-electron chi connectivity index (χ4n) is 1.84. The Morgan fingerprint density at radius 3 is 2.38 bits per heavy atom. The summed E-state index contributed by atoms with van der Waals surface area (Å²) in [6, 6.07) is 5.82. The second-order valence-electron chi connectivity index (χ2n) is 5.52. The standard InChI is InChI=1S/C14H21N3O6S/c1-4-23-13(18)14(2,3)16-24(21,22)15-10-9-11-5-7-12(8-6-11)17(19)20/h5-8,15-16H,4,9-10H2,1-3H3. The Labute approximate surface area is 140 Å². The number of nitro groups is 1. The Bertz CT molecular complexity index is 685. The van der Waals surface area contributed by atoms with Crippen molar-refractivity contribution in [3.8, 4) is 0 Å². The molecule has 1 aromatic rings. The normalized spacial score (nSPS) is 12.0. The number of esters is 1. The van der Waals surface area contributed by atoms with Crippen molar-refractivity contribution in [2.45, 2.75) is 32.7 Å². The second kappa shape index (κ2) is 8.18. The Hall–Kier alpha value is -2.04. The molecular formula is C14H21N3O6S. The highest BCUT2D eigenvalue weighted by Gasteiger charge is 2.33. The van der Waals surface area contributed by atoms with E-state index in [1.54, 1.807) is 19.1 Å². The van der Waals surface area contributed by atoms with Gasteiger partial charge >= 0.3 is 5.97 Å². The van der Waals surface area contributed by atoms with Gasteiger partial charge in [0, 0.05) is 18.7 Å². The van der Waals surface area contributed by atoms with Gasteiger partial charge in [-0.2, -0.15) is 13.1 Å². The van der Waals surface area contributed by atoms with Gasteiger partial charge in [0.15, 0.2) is 0 Å². The van der Waals surface area contributed by atoms with Crippen LogP contribution in [0.4, 0.5) is 5.69 Å². The first kappa shape index (κ1) is 20.0. The molecule has 2 N–H and O–H groups in total. The molecule has 0 fully saturated rings. The number of ether oxygens (including phenoxy) is 1. The van der Waals surface area contributed by atoms with E-state index >= 15 is 0 Å². The molecule has 0 radical (unpaired) electrons. The summed E-state index contributed by atoms with van der Waals surface area (Å²) in [4.78, 5) is 21.7. The Morgan fingerprint density at radius 1 is 1.29 bits per heavy atom. The van der Waals surface area contributed by atoms with Crippen molar-refractivity contribution in [1.82, 2.24) is 9.44 Å². The van der Waals surface area contributed by atoms with Gasteiger partial charge < -0.3 is 4.74 Å². The molecule has 0 aromatic heterocycles. The predicted octanol–water partition coefficient (Wildman–Crippen LogP) is 0.903. The molecule has 0 aliphatic carbocycles. The average Bonchev–Trinajstić information content (AvgIpc) is 2.46. The number of nitro benzene ring substituents is 1. The highest BCUT2D eigenvalue weighted by Crippen LogP contribution is 2.12. The summed E-state index contributed by atoms with van der Waals surface area (Å²) >= 11 is 0. The quantitative estimate of drug-likeness (QED) is 0.383. The molecule has 134 valence electrons. The fraction of sp³-hybridized carbons (Fsp3) is 0.500. The van der Waals surface area contributed by atoms with E-state index in [2.05, 4.69) is 9.44 Å². The SMILES string of the molecule is CCOC(=O)C(C)(C)NS(=O)(=O)NCCc1ccc([N+](=O)[O-])cc1.